The van der Waals surface area contributed by atoms with Crippen molar-refractivity contribution in [3.8, 4) is 0 Å². The van der Waals surface area contributed by atoms with Gasteiger partial charge in [0.2, 0.25) is 0 Å². The van der Waals surface area contributed by atoms with E-state index < -0.39 is 11.6 Å². The molecule has 0 spiro atoms. The molecule has 2 rings (SSSR count). The van der Waals surface area contributed by atoms with Gasteiger partial charge >= 0.3 is 0 Å². The molecule has 0 bridgehead atoms. The fraction of sp³-hybridized carbons (Fsp3) is 0.500. The first-order valence-corrected chi connectivity index (χ1v) is 5.51. The lowest BCUT2D eigenvalue weighted by Crippen LogP contribution is -2.33. The molecule has 96 valence electrons. The second-order valence-electron chi connectivity index (χ2n) is 4.30. The van der Waals surface area contributed by atoms with E-state index in [0.717, 1.165) is 25.6 Å². The van der Waals surface area contributed by atoms with Gasteiger partial charge in [0.15, 0.2) is 0 Å². The Morgan fingerprint density at radius 2 is 2.18 bits per heavy atom. The summed E-state index contributed by atoms with van der Waals surface area (Å²) < 4.78 is 26.1. The second-order valence-corrected chi connectivity index (χ2v) is 4.30. The molecule has 1 fully saturated rings. The summed E-state index contributed by atoms with van der Waals surface area (Å²) in [6.07, 6.45) is 1.08. The molecule has 1 aromatic carbocycles. The van der Waals surface area contributed by atoms with Crippen molar-refractivity contribution in [2.24, 2.45) is 0 Å². The van der Waals surface area contributed by atoms with Crippen LogP contribution in [0.1, 0.15) is 12.0 Å². The van der Waals surface area contributed by atoms with Gasteiger partial charge in [0.05, 0.1) is 0 Å². The number of nitrogens with one attached hydrogen (secondary N) is 1. The summed E-state index contributed by atoms with van der Waals surface area (Å²) >= 11 is 0. The van der Waals surface area contributed by atoms with E-state index in [1.807, 2.05) is 7.05 Å². The summed E-state index contributed by atoms with van der Waals surface area (Å²) in [4.78, 5) is 2.11. The largest absolute Gasteiger partial charge is 0.315 e. The normalized spacial score (nSPS) is 19.4. The Balaban J connectivity index is 0.00000144. The first-order valence-electron chi connectivity index (χ1n) is 5.51. The average Bonchev–Trinajstić information content (AvgIpc) is 2.75. The lowest BCUT2D eigenvalue weighted by molar-refractivity contribution is 0.245. The first kappa shape index (κ1) is 14.4. The van der Waals surface area contributed by atoms with Gasteiger partial charge in [0, 0.05) is 30.8 Å². The Bertz CT molecular complexity index is 368. The van der Waals surface area contributed by atoms with Crippen LogP contribution in [0.3, 0.4) is 0 Å². The van der Waals surface area contributed by atoms with E-state index in [2.05, 4.69) is 10.2 Å². The second kappa shape index (κ2) is 6.28. The highest BCUT2D eigenvalue weighted by Crippen LogP contribution is 2.14. The SMILES string of the molecule is CN(Cc1ccc(F)cc1F)C1CCNC1.Cl. The van der Waals surface area contributed by atoms with Gasteiger partial charge in [-0.2, -0.15) is 0 Å². The van der Waals surface area contributed by atoms with Gasteiger partial charge in [-0.05, 0) is 26.1 Å². The molecule has 0 saturated carbocycles. The van der Waals surface area contributed by atoms with Gasteiger partial charge in [0.25, 0.3) is 0 Å². The molecular weight excluding hydrogens is 246 g/mol. The van der Waals surface area contributed by atoms with E-state index in [0.29, 0.717) is 18.2 Å². The van der Waals surface area contributed by atoms with E-state index in [1.54, 1.807) is 0 Å². The third kappa shape index (κ3) is 3.63. The molecule has 1 aromatic rings. The van der Waals surface area contributed by atoms with Gasteiger partial charge in [-0.3, -0.25) is 4.90 Å². The molecule has 1 atom stereocenters. The van der Waals surface area contributed by atoms with E-state index in [9.17, 15) is 8.78 Å². The Morgan fingerprint density at radius 3 is 2.76 bits per heavy atom. The maximum atomic E-state index is 13.4. The number of likely N-dealkylation sites (N-methyl/N-ethyl adjacent to an activating group) is 1. The zero-order valence-electron chi connectivity index (χ0n) is 9.75. The van der Waals surface area contributed by atoms with Crippen molar-refractivity contribution in [1.29, 1.82) is 0 Å². The fourth-order valence-corrected chi connectivity index (χ4v) is 2.06. The third-order valence-electron chi connectivity index (χ3n) is 3.09. The fourth-order valence-electron chi connectivity index (χ4n) is 2.06. The number of benzene rings is 1. The highest BCUT2D eigenvalue weighted by atomic mass is 35.5. The predicted molar refractivity (Wildman–Crippen MR) is 66.3 cm³/mol. The van der Waals surface area contributed by atoms with Crippen LogP contribution < -0.4 is 5.32 Å². The smallest absolute Gasteiger partial charge is 0.130 e. The van der Waals surface area contributed by atoms with E-state index in [4.69, 9.17) is 0 Å². The van der Waals surface area contributed by atoms with Crippen LogP contribution in [0.5, 0.6) is 0 Å². The van der Waals surface area contributed by atoms with Crippen LogP contribution in [0.25, 0.3) is 0 Å². The van der Waals surface area contributed by atoms with E-state index in [1.165, 1.54) is 12.1 Å². The highest BCUT2D eigenvalue weighted by molar-refractivity contribution is 5.85. The minimum atomic E-state index is -0.522. The topological polar surface area (TPSA) is 15.3 Å². The number of hydrogen-bond acceptors (Lipinski definition) is 2. The summed E-state index contributed by atoms with van der Waals surface area (Å²) in [7, 11) is 1.97. The minimum absolute atomic E-state index is 0. The van der Waals surface area contributed by atoms with Crippen LogP contribution in [-0.2, 0) is 6.54 Å². The lowest BCUT2D eigenvalue weighted by atomic mass is 10.1. The maximum absolute atomic E-state index is 13.4. The molecule has 1 aliphatic heterocycles. The molecule has 1 saturated heterocycles. The number of halogens is 3. The van der Waals surface area contributed by atoms with Crippen LogP contribution in [-0.4, -0.2) is 31.1 Å². The molecule has 0 aliphatic carbocycles. The molecule has 1 unspecified atom stereocenters. The number of rotatable bonds is 3. The Kier molecular flexibility index (Phi) is 5.31. The average molecular weight is 263 g/mol. The summed E-state index contributed by atoms with van der Waals surface area (Å²) in [6, 6.07) is 4.21. The van der Waals surface area contributed by atoms with Crippen LogP contribution in [0.4, 0.5) is 8.78 Å². The zero-order valence-corrected chi connectivity index (χ0v) is 10.6. The summed E-state index contributed by atoms with van der Waals surface area (Å²) in [5, 5.41) is 3.27. The standard InChI is InChI=1S/C12H16F2N2.ClH/c1-16(11-4-5-15-7-11)8-9-2-3-10(13)6-12(9)14;/h2-3,6,11,15H,4-5,7-8H2,1H3;1H. The van der Waals surface area contributed by atoms with Crippen molar-refractivity contribution in [3.05, 3.63) is 35.4 Å². The molecule has 0 aromatic heterocycles. The molecule has 5 heteroatoms. The quantitative estimate of drug-likeness (QED) is 0.898. The highest BCUT2D eigenvalue weighted by Gasteiger charge is 2.19. The Morgan fingerprint density at radius 1 is 1.41 bits per heavy atom. The van der Waals surface area contributed by atoms with Gasteiger partial charge in [0.1, 0.15) is 11.6 Å². The molecule has 1 aliphatic rings. The van der Waals surface area contributed by atoms with Crippen molar-refractivity contribution in [3.63, 3.8) is 0 Å². The van der Waals surface area contributed by atoms with Crippen molar-refractivity contribution in [1.82, 2.24) is 10.2 Å². The van der Waals surface area contributed by atoms with Crippen LogP contribution >= 0.6 is 12.4 Å². The molecule has 1 N–H and O–H groups in total. The van der Waals surface area contributed by atoms with Gasteiger partial charge < -0.3 is 5.32 Å². The molecule has 2 nitrogen and oxygen atoms in total. The first-order chi connectivity index (χ1) is 7.66. The Hall–Kier alpha value is -0.710. The van der Waals surface area contributed by atoms with Gasteiger partial charge in [-0.15, -0.1) is 12.4 Å². The molecule has 17 heavy (non-hydrogen) atoms. The minimum Gasteiger partial charge on any atom is -0.315 e. The monoisotopic (exact) mass is 262 g/mol. The van der Waals surface area contributed by atoms with Crippen LogP contribution in [0.15, 0.2) is 18.2 Å². The zero-order chi connectivity index (χ0) is 11.5. The molecule has 1 heterocycles. The van der Waals surface area contributed by atoms with E-state index >= 15 is 0 Å². The third-order valence-corrected chi connectivity index (χ3v) is 3.09. The van der Waals surface area contributed by atoms with Crippen molar-refractivity contribution < 1.29 is 8.78 Å². The number of hydrogen-bond donors (Lipinski definition) is 1. The predicted octanol–water partition coefficient (Wildman–Crippen LogP) is 2.18. The van der Waals surface area contributed by atoms with Crippen molar-refractivity contribution in [2.75, 3.05) is 20.1 Å². The Labute approximate surface area is 106 Å². The molecular formula is C12H17ClF2N2. The van der Waals surface area contributed by atoms with Crippen LogP contribution in [0.2, 0.25) is 0 Å². The molecule has 0 amide bonds. The van der Waals surface area contributed by atoms with Gasteiger partial charge in [-0.1, -0.05) is 6.07 Å². The number of nitrogens with zero attached hydrogens (tertiary/aromatic N) is 1. The van der Waals surface area contributed by atoms with Crippen molar-refractivity contribution >= 4 is 12.4 Å². The molecule has 0 radical (unpaired) electrons. The lowest BCUT2D eigenvalue weighted by Gasteiger charge is -2.23. The van der Waals surface area contributed by atoms with Gasteiger partial charge in [-0.25, -0.2) is 8.78 Å². The van der Waals surface area contributed by atoms with Crippen LogP contribution in [0, 0.1) is 11.6 Å². The van der Waals surface area contributed by atoms with E-state index in [-0.39, 0.29) is 12.4 Å². The summed E-state index contributed by atoms with van der Waals surface area (Å²) in [5.41, 5.74) is 0.552. The van der Waals surface area contributed by atoms with Crippen molar-refractivity contribution in [2.45, 2.75) is 19.0 Å². The summed E-state index contributed by atoms with van der Waals surface area (Å²) in [5.74, 6) is -0.982. The summed E-state index contributed by atoms with van der Waals surface area (Å²) in [6.45, 7) is 2.48. The maximum Gasteiger partial charge on any atom is 0.130 e.